The van der Waals surface area contributed by atoms with E-state index in [1.165, 1.54) is 0 Å². The molecule has 44 valence electrons. The van der Waals surface area contributed by atoms with E-state index in [4.69, 9.17) is 5.73 Å². The zero-order chi connectivity index (χ0) is 5.98. The maximum atomic E-state index is 5.32. The minimum atomic E-state index is 0.535. The van der Waals surface area contributed by atoms with Gasteiger partial charge in [-0.2, -0.15) is 0 Å². The van der Waals surface area contributed by atoms with Crippen LogP contribution in [0.15, 0.2) is 17.0 Å². The number of hydrogen-bond acceptors (Lipinski definition) is 3. The second-order valence-corrected chi connectivity index (χ2v) is 2.36. The van der Waals surface area contributed by atoms with Gasteiger partial charge in [-0.25, -0.2) is 4.99 Å². The SMILES string of the molecule is NC1=CN(Br)CC=N1. The van der Waals surface area contributed by atoms with Crippen LogP contribution < -0.4 is 5.73 Å². The van der Waals surface area contributed by atoms with E-state index in [1.54, 1.807) is 16.3 Å². The van der Waals surface area contributed by atoms with E-state index in [0.29, 0.717) is 5.82 Å². The van der Waals surface area contributed by atoms with E-state index in [2.05, 4.69) is 21.1 Å². The summed E-state index contributed by atoms with van der Waals surface area (Å²) in [6, 6.07) is 0. The normalized spacial score (nSPS) is 18.6. The van der Waals surface area contributed by atoms with Crippen molar-refractivity contribution in [2.75, 3.05) is 6.54 Å². The van der Waals surface area contributed by atoms with Gasteiger partial charge in [0.15, 0.2) is 0 Å². The van der Waals surface area contributed by atoms with Crippen molar-refractivity contribution >= 4 is 22.4 Å². The minimum absolute atomic E-state index is 0.535. The molecular formula is C4H6BrN3. The zero-order valence-corrected chi connectivity index (χ0v) is 5.80. The van der Waals surface area contributed by atoms with Crippen molar-refractivity contribution in [3.05, 3.63) is 12.0 Å². The summed E-state index contributed by atoms with van der Waals surface area (Å²) in [5.41, 5.74) is 5.32. The summed E-state index contributed by atoms with van der Waals surface area (Å²) in [4.78, 5) is 3.82. The second-order valence-electron chi connectivity index (χ2n) is 1.45. The molecule has 2 N–H and O–H groups in total. The smallest absolute Gasteiger partial charge is 0.139 e. The van der Waals surface area contributed by atoms with E-state index < -0.39 is 0 Å². The highest BCUT2D eigenvalue weighted by molar-refractivity contribution is 9.07. The first-order chi connectivity index (χ1) is 3.79. The molecule has 0 bridgehead atoms. The van der Waals surface area contributed by atoms with E-state index >= 15 is 0 Å². The van der Waals surface area contributed by atoms with Crippen LogP contribution in [0.1, 0.15) is 0 Å². The fourth-order valence-corrected chi connectivity index (χ4v) is 0.793. The third kappa shape index (κ3) is 1.23. The molecule has 4 heteroatoms. The molecule has 0 atom stereocenters. The van der Waals surface area contributed by atoms with Gasteiger partial charge >= 0.3 is 0 Å². The van der Waals surface area contributed by atoms with Gasteiger partial charge in [-0.3, -0.25) is 0 Å². The van der Waals surface area contributed by atoms with Crippen LogP contribution in [-0.2, 0) is 0 Å². The maximum Gasteiger partial charge on any atom is 0.139 e. The van der Waals surface area contributed by atoms with Gasteiger partial charge in [0.05, 0.1) is 12.7 Å². The number of aliphatic imine (C=N–C) groups is 1. The van der Waals surface area contributed by atoms with Gasteiger partial charge < -0.3 is 9.66 Å². The van der Waals surface area contributed by atoms with Gasteiger partial charge in [0, 0.05) is 22.4 Å². The molecule has 8 heavy (non-hydrogen) atoms. The van der Waals surface area contributed by atoms with Crippen molar-refractivity contribution in [3.8, 4) is 0 Å². The van der Waals surface area contributed by atoms with E-state index in [-0.39, 0.29) is 0 Å². The highest BCUT2D eigenvalue weighted by Crippen LogP contribution is 2.03. The molecule has 0 spiro atoms. The van der Waals surface area contributed by atoms with Crippen LogP contribution in [0.3, 0.4) is 0 Å². The van der Waals surface area contributed by atoms with E-state index in [0.717, 1.165) is 6.54 Å². The third-order valence-electron chi connectivity index (χ3n) is 0.769. The Morgan fingerprint density at radius 1 is 1.88 bits per heavy atom. The molecule has 1 rings (SSSR count). The number of nitrogens with zero attached hydrogens (tertiary/aromatic N) is 2. The lowest BCUT2D eigenvalue weighted by Gasteiger charge is -2.10. The predicted molar refractivity (Wildman–Crippen MR) is 36.4 cm³/mol. The van der Waals surface area contributed by atoms with Crippen molar-refractivity contribution in [1.29, 1.82) is 0 Å². The summed E-state index contributed by atoms with van der Waals surface area (Å²) >= 11 is 3.21. The predicted octanol–water partition coefficient (Wildman–Crippen LogP) is 0.440. The molecule has 0 aromatic heterocycles. The van der Waals surface area contributed by atoms with Crippen LogP contribution in [0.5, 0.6) is 0 Å². The topological polar surface area (TPSA) is 41.6 Å². The lowest BCUT2D eigenvalue weighted by atomic mass is 10.6. The average Bonchev–Trinajstić information content (AvgIpc) is 1.64. The molecule has 0 aromatic carbocycles. The van der Waals surface area contributed by atoms with Crippen molar-refractivity contribution in [1.82, 2.24) is 3.93 Å². The third-order valence-corrected chi connectivity index (χ3v) is 1.26. The molecule has 0 aliphatic carbocycles. The molecule has 0 saturated carbocycles. The Kier molecular flexibility index (Phi) is 1.53. The van der Waals surface area contributed by atoms with Crippen LogP contribution in [-0.4, -0.2) is 16.7 Å². The van der Waals surface area contributed by atoms with Gasteiger partial charge in [0.1, 0.15) is 5.82 Å². The Morgan fingerprint density at radius 2 is 2.62 bits per heavy atom. The standard InChI is InChI=1S/C4H6BrN3/c5-8-2-1-7-4(6)3-8/h1,3H,2,6H2. The summed E-state index contributed by atoms with van der Waals surface area (Å²) in [6.45, 7) is 0.778. The monoisotopic (exact) mass is 175 g/mol. The zero-order valence-electron chi connectivity index (χ0n) is 4.21. The summed E-state index contributed by atoms with van der Waals surface area (Å²) in [7, 11) is 0. The minimum Gasteiger partial charge on any atom is -0.382 e. The highest BCUT2D eigenvalue weighted by atomic mass is 79.9. The summed E-state index contributed by atoms with van der Waals surface area (Å²) in [5, 5.41) is 0. The Labute approximate surface area is 56.2 Å². The molecule has 1 aliphatic heterocycles. The van der Waals surface area contributed by atoms with Crippen LogP contribution in [0, 0.1) is 0 Å². The Balaban J connectivity index is 2.63. The molecule has 3 nitrogen and oxygen atoms in total. The number of nitrogens with two attached hydrogens (primary N) is 1. The molecular weight excluding hydrogens is 170 g/mol. The fourth-order valence-electron chi connectivity index (χ4n) is 0.454. The van der Waals surface area contributed by atoms with Crippen molar-refractivity contribution in [3.63, 3.8) is 0 Å². The molecule has 0 unspecified atom stereocenters. The van der Waals surface area contributed by atoms with Crippen molar-refractivity contribution in [2.45, 2.75) is 0 Å². The first-order valence-electron chi connectivity index (χ1n) is 2.21. The largest absolute Gasteiger partial charge is 0.382 e. The highest BCUT2D eigenvalue weighted by Gasteiger charge is 1.96. The number of rotatable bonds is 0. The van der Waals surface area contributed by atoms with Gasteiger partial charge in [-0.05, 0) is 0 Å². The number of hydrogen-bond donors (Lipinski definition) is 1. The quantitative estimate of drug-likeness (QED) is 0.544. The first-order valence-corrected chi connectivity index (χ1v) is 2.92. The molecule has 0 aromatic rings. The van der Waals surface area contributed by atoms with E-state index in [9.17, 15) is 0 Å². The van der Waals surface area contributed by atoms with Crippen molar-refractivity contribution < 1.29 is 0 Å². The molecule has 0 radical (unpaired) electrons. The molecule has 1 aliphatic rings. The number of halogens is 1. The second kappa shape index (κ2) is 2.17. The molecule has 1 heterocycles. The van der Waals surface area contributed by atoms with Gasteiger partial charge in [-0.1, -0.05) is 0 Å². The Hall–Kier alpha value is -0.510. The maximum absolute atomic E-state index is 5.32. The molecule has 0 amide bonds. The van der Waals surface area contributed by atoms with Crippen LogP contribution >= 0.6 is 16.1 Å². The fraction of sp³-hybridized carbons (Fsp3) is 0.250. The van der Waals surface area contributed by atoms with E-state index in [1.807, 2.05) is 0 Å². The van der Waals surface area contributed by atoms with Crippen molar-refractivity contribution in [2.24, 2.45) is 10.7 Å². The lowest BCUT2D eigenvalue weighted by Crippen LogP contribution is -2.14. The average molecular weight is 176 g/mol. The summed E-state index contributed by atoms with van der Waals surface area (Å²) < 4.78 is 1.79. The van der Waals surface area contributed by atoms with Gasteiger partial charge in [0.25, 0.3) is 0 Å². The summed E-state index contributed by atoms with van der Waals surface area (Å²) in [5.74, 6) is 0.535. The molecule has 0 saturated heterocycles. The molecule has 0 fully saturated rings. The Morgan fingerprint density at radius 3 is 3.00 bits per heavy atom. The van der Waals surface area contributed by atoms with Gasteiger partial charge in [0.2, 0.25) is 0 Å². The van der Waals surface area contributed by atoms with Crippen LogP contribution in [0.2, 0.25) is 0 Å². The van der Waals surface area contributed by atoms with Crippen LogP contribution in [0.4, 0.5) is 0 Å². The first kappa shape index (κ1) is 5.62. The Bertz CT molecular complexity index is 140. The summed E-state index contributed by atoms with van der Waals surface area (Å²) in [6.07, 6.45) is 3.46. The van der Waals surface area contributed by atoms with Crippen LogP contribution in [0.25, 0.3) is 0 Å². The lowest BCUT2D eigenvalue weighted by molar-refractivity contribution is 0.724. The van der Waals surface area contributed by atoms with Gasteiger partial charge in [-0.15, -0.1) is 0 Å².